The molecule has 0 radical (unpaired) electrons. The van der Waals surface area contributed by atoms with Crippen molar-refractivity contribution in [2.75, 3.05) is 32.6 Å². The molecule has 1 fully saturated rings. The zero-order valence-corrected chi connectivity index (χ0v) is 19.9. The number of carbonyl (C=O) groups is 1. The van der Waals surface area contributed by atoms with Crippen LogP contribution < -0.4 is 14.8 Å². The molecule has 0 aromatic heterocycles. The summed E-state index contributed by atoms with van der Waals surface area (Å²) in [6.45, 7) is -0.240. The van der Waals surface area contributed by atoms with Gasteiger partial charge in [0, 0.05) is 24.8 Å². The first-order valence-electron chi connectivity index (χ1n) is 10.5. The third kappa shape index (κ3) is 6.03. The van der Waals surface area contributed by atoms with Crippen LogP contribution in [0, 0.1) is 5.92 Å². The molecule has 2 aromatic rings. The van der Waals surface area contributed by atoms with E-state index in [0.29, 0.717) is 17.9 Å². The molecule has 198 valence electrons. The van der Waals surface area contributed by atoms with Crippen LogP contribution in [-0.4, -0.2) is 45.9 Å². The number of methoxy groups -OCH3 is 2. The van der Waals surface area contributed by atoms with E-state index in [9.17, 15) is 39.6 Å². The van der Waals surface area contributed by atoms with Crippen molar-refractivity contribution in [3.63, 3.8) is 0 Å². The Morgan fingerprint density at radius 3 is 2.06 bits per heavy atom. The summed E-state index contributed by atoms with van der Waals surface area (Å²) in [6.07, 6.45) is -9.71. The van der Waals surface area contributed by atoms with Crippen LogP contribution in [-0.2, 0) is 27.2 Å². The second-order valence-electron chi connectivity index (χ2n) is 8.00. The molecule has 7 nitrogen and oxygen atoms in total. The number of hydrogen-bond acceptors (Lipinski definition) is 5. The highest BCUT2D eigenvalue weighted by Gasteiger charge is 2.38. The number of rotatable bonds is 6. The Labute approximate surface area is 203 Å². The molecule has 0 aliphatic carbocycles. The van der Waals surface area contributed by atoms with Crippen molar-refractivity contribution < 1.29 is 49.0 Å². The second kappa shape index (κ2) is 10.2. The van der Waals surface area contributed by atoms with Gasteiger partial charge in [-0.15, -0.1) is 0 Å². The Morgan fingerprint density at radius 2 is 1.53 bits per heavy atom. The predicted octanol–water partition coefficient (Wildman–Crippen LogP) is 4.78. The number of alkyl halides is 6. The standard InChI is InChI=1S/C22H22F6N2O5S/c1-34-18-6-5-17(11-19(18)35-2)36(32,33)30-7-3-4-13(12-30)20(31)29-16-9-14(21(23,24)25)8-15(10-16)22(26,27)28/h5-6,8-11,13H,3-4,7,12H2,1-2H3,(H,29,31)/t13-/m1/s1. The molecule has 1 N–H and O–H groups in total. The third-order valence-corrected chi connectivity index (χ3v) is 7.46. The van der Waals surface area contributed by atoms with Crippen molar-refractivity contribution in [2.45, 2.75) is 30.1 Å². The molecule has 1 aliphatic rings. The van der Waals surface area contributed by atoms with Crippen LogP contribution in [0.5, 0.6) is 11.5 Å². The number of ether oxygens (including phenoxy) is 2. The van der Waals surface area contributed by atoms with E-state index in [0.717, 1.165) is 4.31 Å². The lowest BCUT2D eigenvalue weighted by molar-refractivity contribution is -0.143. The number of benzene rings is 2. The van der Waals surface area contributed by atoms with Gasteiger partial charge in [-0.2, -0.15) is 30.6 Å². The van der Waals surface area contributed by atoms with Crippen molar-refractivity contribution >= 4 is 21.6 Å². The zero-order valence-electron chi connectivity index (χ0n) is 19.0. The third-order valence-electron chi connectivity index (χ3n) is 5.60. The van der Waals surface area contributed by atoms with E-state index in [1.165, 1.54) is 32.4 Å². The van der Waals surface area contributed by atoms with Crippen molar-refractivity contribution in [1.82, 2.24) is 4.31 Å². The van der Waals surface area contributed by atoms with E-state index in [1.807, 2.05) is 0 Å². The fourth-order valence-electron chi connectivity index (χ4n) is 3.77. The Bertz CT molecular complexity index is 1200. The normalized spacial score (nSPS) is 17.5. The van der Waals surface area contributed by atoms with Gasteiger partial charge in [-0.1, -0.05) is 0 Å². The highest BCUT2D eigenvalue weighted by atomic mass is 32.2. The molecular formula is C22H22F6N2O5S. The molecule has 0 bridgehead atoms. The molecule has 1 saturated heterocycles. The molecule has 1 heterocycles. The van der Waals surface area contributed by atoms with Crippen LogP contribution in [0.15, 0.2) is 41.3 Å². The van der Waals surface area contributed by atoms with E-state index in [4.69, 9.17) is 9.47 Å². The van der Waals surface area contributed by atoms with Crippen LogP contribution in [0.25, 0.3) is 0 Å². The monoisotopic (exact) mass is 540 g/mol. The second-order valence-corrected chi connectivity index (χ2v) is 9.94. The van der Waals surface area contributed by atoms with Crippen LogP contribution >= 0.6 is 0 Å². The SMILES string of the molecule is COc1ccc(S(=O)(=O)N2CCC[C@@H](C(=O)Nc3cc(C(F)(F)F)cc(C(F)(F)F)c3)C2)cc1OC. The highest BCUT2D eigenvalue weighted by Crippen LogP contribution is 2.38. The molecule has 0 spiro atoms. The minimum absolute atomic E-state index is 0.0479. The molecule has 0 saturated carbocycles. The molecular weight excluding hydrogens is 518 g/mol. The maximum absolute atomic E-state index is 13.1. The number of hydrogen-bond donors (Lipinski definition) is 1. The Balaban J connectivity index is 1.83. The van der Waals surface area contributed by atoms with Gasteiger partial charge >= 0.3 is 12.4 Å². The van der Waals surface area contributed by atoms with Crippen LogP contribution in [0.3, 0.4) is 0 Å². The average molecular weight is 540 g/mol. The summed E-state index contributed by atoms with van der Waals surface area (Å²) in [4.78, 5) is 12.6. The molecule has 3 rings (SSSR count). The van der Waals surface area contributed by atoms with Gasteiger partial charge in [-0.3, -0.25) is 4.79 Å². The fraction of sp³-hybridized carbons (Fsp3) is 0.409. The molecule has 0 unspecified atom stereocenters. The smallest absolute Gasteiger partial charge is 0.416 e. The number of piperidine rings is 1. The van der Waals surface area contributed by atoms with E-state index in [1.54, 1.807) is 0 Å². The zero-order chi connectivity index (χ0) is 26.9. The number of carbonyl (C=O) groups excluding carboxylic acids is 1. The lowest BCUT2D eigenvalue weighted by atomic mass is 9.98. The number of nitrogens with one attached hydrogen (secondary N) is 1. The predicted molar refractivity (Wildman–Crippen MR) is 116 cm³/mol. The van der Waals surface area contributed by atoms with E-state index >= 15 is 0 Å². The molecule has 1 aliphatic heterocycles. The van der Waals surface area contributed by atoms with Gasteiger partial charge in [-0.25, -0.2) is 8.42 Å². The molecule has 1 atom stereocenters. The van der Waals surface area contributed by atoms with Gasteiger partial charge in [0.05, 0.1) is 36.2 Å². The quantitative estimate of drug-likeness (QED) is 0.534. The lowest BCUT2D eigenvalue weighted by Crippen LogP contribution is -2.43. The molecule has 36 heavy (non-hydrogen) atoms. The summed E-state index contributed by atoms with van der Waals surface area (Å²) >= 11 is 0. The number of nitrogens with zero attached hydrogens (tertiary/aromatic N) is 1. The van der Waals surface area contributed by atoms with Crippen LogP contribution in [0.2, 0.25) is 0 Å². The maximum atomic E-state index is 13.1. The van der Waals surface area contributed by atoms with Crippen molar-refractivity contribution in [3.8, 4) is 11.5 Å². The van der Waals surface area contributed by atoms with Crippen molar-refractivity contribution in [3.05, 3.63) is 47.5 Å². The van der Waals surface area contributed by atoms with Crippen LogP contribution in [0.4, 0.5) is 32.0 Å². The first-order chi connectivity index (χ1) is 16.7. The highest BCUT2D eigenvalue weighted by molar-refractivity contribution is 7.89. The number of anilines is 1. The Morgan fingerprint density at radius 1 is 0.944 bits per heavy atom. The van der Waals surface area contributed by atoms with Crippen molar-refractivity contribution in [2.24, 2.45) is 5.92 Å². The van der Waals surface area contributed by atoms with Gasteiger partial charge in [-0.05, 0) is 43.2 Å². The minimum Gasteiger partial charge on any atom is -0.493 e. The Hall–Kier alpha value is -3.00. The molecule has 14 heteroatoms. The van der Waals surface area contributed by atoms with Crippen molar-refractivity contribution in [1.29, 1.82) is 0 Å². The Kier molecular flexibility index (Phi) is 7.79. The van der Waals surface area contributed by atoms with Gasteiger partial charge in [0.15, 0.2) is 11.5 Å². The van der Waals surface area contributed by atoms with Crippen LogP contribution in [0.1, 0.15) is 24.0 Å². The van der Waals surface area contributed by atoms with Gasteiger partial charge in [0.1, 0.15) is 0 Å². The summed E-state index contributed by atoms with van der Waals surface area (Å²) in [6, 6.07) is 4.68. The van der Waals surface area contributed by atoms with Gasteiger partial charge < -0.3 is 14.8 Å². The number of amides is 1. The summed E-state index contributed by atoms with van der Waals surface area (Å²) in [5, 5.41) is 2.08. The van der Waals surface area contributed by atoms with E-state index in [2.05, 4.69) is 5.32 Å². The average Bonchev–Trinajstić information content (AvgIpc) is 2.82. The van der Waals surface area contributed by atoms with E-state index < -0.39 is 51.0 Å². The first kappa shape index (κ1) is 27.6. The molecule has 2 aromatic carbocycles. The largest absolute Gasteiger partial charge is 0.493 e. The first-order valence-corrected chi connectivity index (χ1v) is 11.9. The van der Waals surface area contributed by atoms with Gasteiger partial charge in [0.2, 0.25) is 15.9 Å². The summed E-state index contributed by atoms with van der Waals surface area (Å²) in [5.41, 5.74) is -3.84. The maximum Gasteiger partial charge on any atom is 0.416 e. The summed E-state index contributed by atoms with van der Waals surface area (Å²) < 4.78 is 116. The summed E-state index contributed by atoms with van der Waals surface area (Å²) in [5.74, 6) is -1.44. The summed E-state index contributed by atoms with van der Waals surface area (Å²) in [7, 11) is -1.39. The van der Waals surface area contributed by atoms with E-state index in [-0.39, 0.29) is 42.6 Å². The topological polar surface area (TPSA) is 84.9 Å². The van der Waals surface area contributed by atoms with Gasteiger partial charge in [0.25, 0.3) is 0 Å². The number of halogens is 6. The fourth-order valence-corrected chi connectivity index (χ4v) is 5.31. The lowest BCUT2D eigenvalue weighted by Gasteiger charge is -2.31. The molecule has 1 amide bonds. The minimum atomic E-state index is -5.07. The number of sulfonamides is 1.